The molecule has 0 saturated carbocycles. The minimum Gasteiger partial charge on any atom is -0.264 e. The molecular weight excluding hydrogens is 779 g/mol. The van der Waals surface area contributed by atoms with Gasteiger partial charge in [0, 0.05) is 61.6 Å². The molecule has 0 radical (unpaired) electrons. The second kappa shape index (κ2) is 14.5. The van der Waals surface area contributed by atoms with E-state index in [1.807, 2.05) is 24.5 Å². The molecule has 0 aliphatic heterocycles. The van der Waals surface area contributed by atoms with Crippen LogP contribution in [0.4, 0.5) is 0 Å². The SMILES string of the molecule is c1ccc(-c2ccc3ccc4ccc(-c5c6ccccc6c(-c6ccc7ccc(-c8ccc9ccc(-c%10cccc%11ccncc%10%11)nc9c8)nc7c6)c6ccccc56)nc4c3n2)cc1. The molecule has 0 aliphatic carbocycles. The first-order valence-corrected chi connectivity index (χ1v) is 21.6. The van der Waals surface area contributed by atoms with Crippen molar-refractivity contribution < 1.29 is 0 Å². The first-order chi connectivity index (χ1) is 31.7. The molecule has 0 spiro atoms. The zero-order valence-electron chi connectivity index (χ0n) is 34.4. The highest BCUT2D eigenvalue weighted by Gasteiger charge is 2.19. The third-order valence-electron chi connectivity index (χ3n) is 12.7. The third kappa shape index (κ3) is 5.90. The van der Waals surface area contributed by atoms with Crippen molar-refractivity contribution in [1.29, 1.82) is 0 Å². The number of rotatable bonds is 5. The van der Waals surface area contributed by atoms with E-state index >= 15 is 0 Å². The molecular formula is C59H35N5. The summed E-state index contributed by atoms with van der Waals surface area (Å²) in [6.45, 7) is 0. The molecule has 5 heterocycles. The van der Waals surface area contributed by atoms with E-state index in [1.165, 1.54) is 5.56 Å². The van der Waals surface area contributed by atoms with E-state index in [0.717, 1.165) is 127 Å². The average molecular weight is 814 g/mol. The molecule has 0 bridgehead atoms. The predicted octanol–water partition coefficient (Wildman–Crippen LogP) is 15.1. The van der Waals surface area contributed by atoms with Crippen LogP contribution in [-0.2, 0) is 0 Å². The van der Waals surface area contributed by atoms with Crippen LogP contribution >= 0.6 is 0 Å². The molecule has 8 aromatic carbocycles. The molecule has 13 aromatic rings. The Morgan fingerprint density at radius 2 is 0.797 bits per heavy atom. The minimum absolute atomic E-state index is 0.895. The minimum atomic E-state index is 0.895. The van der Waals surface area contributed by atoms with E-state index in [2.05, 4.69) is 193 Å². The third-order valence-corrected chi connectivity index (χ3v) is 12.7. The summed E-state index contributed by atoms with van der Waals surface area (Å²) < 4.78 is 0. The number of benzene rings is 8. The lowest BCUT2D eigenvalue weighted by Gasteiger charge is -2.18. The largest absolute Gasteiger partial charge is 0.264 e. The van der Waals surface area contributed by atoms with Gasteiger partial charge in [-0.05, 0) is 80.5 Å². The van der Waals surface area contributed by atoms with Crippen LogP contribution in [0.3, 0.4) is 0 Å². The molecule has 0 amide bonds. The summed E-state index contributed by atoms with van der Waals surface area (Å²) in [4.78, 5) is 25.5. The smallest absolute Gasteiger partial charge is 0.0972 e. The average Bonchev–Trinajstić information content (AvgIpc) is 3.37. The highest BCUT2D eigenvalue weighted by atomic mass is 14.8. The van der Waals surface area contributed by atoms with Crippen molar-refractivity contribution in [3.63, 3.8) is 0 Å². The van der Waals surface area contributed by atoms with Crippen LogP contribution < -0.4 is 0 Å². The van der Waals surface area contributed by atoms with Crippen molar-refractivity contribution in [1.82, 2.24) is 24.9 Å². The van der Waals surface area contributed by atoms with Crippen LogP contribution in [0.25, 0.3) is 132 Å². The summed E-state index contributed by atoms with van der Waals surface area (Å²) in [6.07, 6.45) is 3.75. The number of fused-ring (bicyclic) bond motifs is 8. The quantitative estimate of drug-likeness (QED) is 0.128. The van der Waals surface area contributed by atoms with Crippen molar-refractivity contribution in [3.05, 3.63) is 213 Å². The molecule has 5 nitrogen and oxygen atoms in total. The summed E-state index contributed by atoms with van der Waals surface area (Å²) in [7, 11) is 0. The van der Waals surface area contributed by atoms with Gasteiger partial charge in [-0.15, -0.1) is 0 Å². The van der Waals surface area contributed by atoms with Crippen molar-refractivity contribution >= 4 is 75.9 Å². The van der Waals surface area contributed by atoms with Gasteiger partial charge in [-0.25, -0.2) is 19.9 Å². The van der Waals surface area contributed by atoms with Crippen LogP contribution in [0.1, 0.15) is 0 Å². The molecule has 296 valence electrons. The fourth-order valence-electron chi connectivity index (χ4n) is 9.59. The number of hydrogen-bond acceptors (Lipinski definition) is 5. The van der Waals surface area contributed by atoms with Gasteiger partial charge in [0.1, 0.15) is 0 Å². The summed E-state index contributed by atoms with van der Waals surface area (Å²) in [5.41, 5.74) is 13.9. The van der Waals surface area contributed by atoms with E-state index in [4.69, 9.17) is 19.9 Å². The topological polar surface area (TPSA) is 64.5 Å². The molecule has 0 aliphatic rings. The van der Waals surface area contributed by atoms with E-state index in [-0.39, 0.29) is 0 Å². The fraction of sp³-hybridized carbons (Fsp3) is 0. The van der Waals surface area contributed by atoms with E-state index in [9.17, 15) is 0 Å². The van der Waals surface area contributed by atoms with Gasteiger partial charge in [0.05, 0.1) is 44.8 Å². The number of hydrogen-bond donors (Lipinski definition) is 0. The van der Waals surface area contributed by atoms with Gasteiger partial charge in [-0.1, -0.05) is 158 Å². The van der Waals surface area contributed by atoms with E-state index < -0.39 is 0 Å². The summed E-state index contributed by atoms with van der Waals surface area (Å²) in [5, 5.41) is 11.1. The van der Waals surface area contributed by atoms with Crippen LogP contribution in [0, 0.1) is 0 Å². The Kier molecular flexibility index (Phi) is 8.15. The second-order valence-corrected chi connectivity index (χ2v) is 16.4. The molecule has 5 aromatic heterocycles. The van der Waals surface area contributed by atoms with Gasteiger partial charge in [0.15, 0.2) is 0 Å². The molecule has 64 heavy (non-hydrogen) atoms. The highest BCUT2D eigenvalue weighted by molar-refractivity contribution is 6.22. The van der Waals surface area contributed by atoms with Crippen molar-refractivity contribution in [2.75, 3.05) is 0 Å². The molecule has 0 saturated heterocycles. The standard InChI is InChI=1S/C59H35N5/c1-2-9-37(10-3-1)50-28-25-40-19-20-41-26-30-53(64-59(41)58(40)63-50)57-47-14-6-4-12-45(47)56(46-13-5-7-15-48(46)57)43-22-18-39-23-27-51(61-55(39)34-43)42-21-17-38-24-29-52(62-54(38)33-42)44-16-8-11-36-31-32-60-35-49(36)44/h1-35H. The molecule has 0 atom stereocenters. The first kappa shape index (κ1) is 36.0. The van der Waals surface area contributed by atoms with Crippen LogP contribution in [0.15, 0.2) is 213 Å². The Labute approximate surface area is 368 Å². The van der Waals surface area contributed by atoms with Crippen molar-refractivity contribution in [3.8, 4) is 56.2 Å². The Morgan fingerprint density at radius 3 is 1.50 bits per heavy atom. The normalized spacial score (nSPS) is 11.8. The highest BCUT2D eigenvalue weighted by Crippen LogP contribution is 2.44. The lowest BCUT2D eigenvalue weighted by molar-refractivity contribution is 1.35. The Hall–Kier alpha value is -8.67. The molecule has 0 N–H and O–H groups in total. The van der Waals surface area contributed by atoms with Gasteiger partial charge in [-0.2, -0.15) is 0 Å². The van der Waals surface area contributed by atoms with E-state index in [0.29, 0.717) is 0 Å². The van der Waals surface area contributed by atoms with Gasteiger partial charge >= 0.3 is 0 Å². The lowest BCUT2D eigenvalue weighted by Crippen LogP contribution is -1.94. The Morgan fingerprint density at radius 1 is 0.281 bits per heavy atom. The molecule has 13 rings (SSSR count). The van der Waals surface area contributed by atoms with Crippen molar-refractivity contribution in [2.45, 2.75) is 0 Å². The summed E-state index contributed by atoms with van der Waals surface area (Å²) in [5.74, 6) is 0. The molecule has 0 fully saturated rings. The van der Waals surface area contributed by atoms with Crippen molar-refractivity contribution in [2.24, 2.45) is 0 Å². The maximum absolute atomic E-state index is 5.46. The maximum atomic E-state index is 5.46. The van der Waals surface area contributed by atoms with Crippen LogP contribution in [-0.4, -0.2) is 24.9 Å². The van der Waals surface area contributed by atoms with Crippen LogP contribution in [0.2, 0.25) is 0 Å². The van der Waals surface area contributed by atoms with Gasteiger partial charge in [-0.3, -0.25) is 4.98 Å². The second-order valence-electron chi connectivity index (χ2n) is 16.4. The number of pyridine rings is 5. The monoisotopic (exact) mass is 813 g/mol. The molecule has 0 unspecified atom stereocenters. The maximum Gasteiger partial charge on any atom is 0.0972 e. The summed E-state index contributed by atoms with van der Waals surface area (Å²) in [6, 6.07) is 70.7. The Balaban J connectivity index is 0.940. The Bertz CT molecular complexity index is 3970. The number of aromatic nitrogens is 5. The first-order valence-electron chi connectivity index (χ1n) is 21.6. The summed E-state index contributed by atoms with van der Waals surface area (Å²) >= 11 is 0. The molecule has 5 heteroatoms. The van der Waals surface area contributed by atoms with Gasteiger partial charge in [0.2, 0.25) is 0 Å². The van der Waals surface area contributed by atoms with Gasteiger partial charge in [0.25, 0.3) is 0 Å². The fourth-order valence-corrected chi connectivity index (χ4v) is 9.59. The zero-order valence-corrected chi connectivity index (χ0v) is 34.4. The van der Waals surface area contributed by atoms with Crippen LogP contribution in [0.5, 0.6) is 0 Å². The number of nitrogens with zero attached hydrogens (tertiary/aromatic N) is 5. The lowest BCUT2D eigenvalue weighted by atomic mass is 9.87. The zero-order chi connectivity index (χ0) is 42.1. The predicted molar refractivity (Wildman–Crippen MR) is 265 cm³/mol. The van der Waals surface area contributed by atoms with Gasteiger partial charge < -0.3 is 0 Å². The van der Waals surface area contributed by atoms with E-state index in [1.54, 1.807) is 0 Å².